The predicted octanol–water partition coefficient (Wildman–Crippen LogP) is 3.32. The first-order valence-corrected chi connectivity index (χ1v) is 8.96. The number of carbonyl (C=O) groups excluding carboxylic acids is 2. The molecule has 5 nitrogen and oxygen atoms in total. The molecule has 0 fully saturated rings. The molecular formula is C20H17ClN2O3S. The maximum absolute atomic E-state index is 12.9. The quantitative estimate of drug-likeness (QED) is 0.466. The van der Waals surface area contributed by atoms with Crippen LogP contribution >= 0.6 is 23.8 Å². The maximum atomic E-state index is 12.9. The molecule has 7 heteroatoms. The number of ether oxygens (including phenoxy) is 1. The average molecular weight is 401 g/mol. The molecule has 0 aliphatic carbocycles. The standard InChI is InChI=1S/C20H17ClN2O3S/c1-11-3-5-12(6-4-11)16-15(18(24)19(25)26-2)17(23-20(27)22-16)13-7-9-14(21)10-8-13/h3-10,17H,1-2H3,(H2,22,23,27)/t17-/m1/s1. The summed E-state index contributed by atoms with van der Waals surface area (Å²) in [7, 11) is 1.18. The number of nitrogens with one attached hydrogen (secondary N) is 2. The fourth-order valence-corrected chi connectivity index (χ4v) is 3.21. The van der Waals surface area contributed by atoms with Gasteiger partial charge in [-0.15, -0.1) is 0 Å². The number of rotatable bonds is 4. The Morgan fingerprint density at radius 2 is 1.70 bits per heavy atom. The second kappa shape index (κ2) is 7.90. The van der Waals surface area contributed by atoms with Gasteiger partial charge < -0.3 is 15.4 Å². The Hall–Kier alpha value is -2.70. The van der Waals surface area contributed by atoms with Crippen LogP contribution in [0.4, 0.5) is 0 Å². The summed E-state index contributed by atoms with van der Waals surface area (Å²) in [6.07, 6.45) is 0. The summed E-state index contributed by atoms with van der Waals surface area (Å²) in [5, 5.41) is 7.00. The first-order chi connectivity index (χ1) is 12.9. The summed E-state index contributed by atoms with van der Waals surface area (Å²) in [6.45, 7) is 1.97. The van der Waals surface area contributed by atoms with Crippen molar-refractivity contribution in [1.82, 2.24) is 10.6 Å². The molecule has 1 atom stereocenters. The fourth-order valence-electron chi connectivity index (χ4n) is 2.86. The highest BCUT2D eigenvalue weighted by Crippen LogP contribution is 2.32. The van der Waals surface area contributed by atoms with Gasteiger partial charge in [0.05, 0.1) is 24.4 Å². The summed E-state index contributed by atoms with van der Waals surface area (Å²) in [6, 6.07) is 14.0. The number of thiocarbonyl (C=S) groups is 1. The van der Waals surface area contributed by atoms with Crippen LogP contribution in [0, 0.1) is 6.92 Å². The van der Waals surface area contributed by atoms with Crippen LogP contribution in [0.15, 0.2) is 54.1 Å². The molecule has 3 rings (SSSR count). The Balaban J connectivity index is 2.21. The van der Waals surface area contributed by atoms with Crippen LogP contribution in [0.1, 0.15) is 22.7 Å². The number of aryl methyl sites for hydroxylation is 1. The van der Waals surface area contributed by atoms with Crippen molar-refractivity contribution in [3.63, 3.8) is 0 Å². The van der Waals surface area contributed by atoms with Crippen molar-refractivity contribution in [3.8, 4) is 0 Å². The van der Waals surface area contributed by atoms with Crippen molar-refractivity contribution in [2.24, 2.45) is 0 Å². The molecule has 0 aromatic heterocycles. The highest BCUT2D eigenvalue weighted by atomic mass is 35.5. The van der Waals surface area contributed by atoms with Gasteiger partial charge in [0.25, 0.3) is 5.78 Å². The maximum Gasteiger partial charge on any atom is 0.379 e. The highest BCUT2D eigenvalue weighted by Gasteiger charge is 2.35. The lowest BCUT2D eigenvalue weighted by Gasteiger charge is -2.31. The number of ketones is 1. The molecule has 1 aliphatic rings. The molecule has 0 radical (unpaired) electrons. The molecule has 27 heavy (non-hydrogen) atoms. The number of benzene rings is 2. The van der Waals surface area contributed by atoms with Gasteiger partial charge in [-0.25, -0.2) is 4.79 Å². The summed E-state index contributed by atoms with van der Waals surface area (Å²) >= 11 is 11.3. The third-order valence-corrected chi connectivity index (χ3v) is 4.70. The van der Waals surface area contributed by atoms with Crippen molar-refractivity contribution in [2.45, 2.75) is 13.0 Å². The summed E-state index contributed by atoms with van der Waals surface area (Å²) in [5.41, 5.74) is 3.29. The van der Waals surface area contributed by atoms with E-state index >= 15 is 0 Å². The van der Waals surface area contributed by atoms with Gasteiger partial charge in [0, 0.05) is 5.02 Å². The first kappa shape index (κ1) is 19.1. The van der Waals surface area contributed by atoms with Gasteiger partial charge >= 0.3 is 5.97 Å². The number of hydrogen-bond donors (Lipinski definition) is 2. The lowest BCUT2D eigenvalue weighted by atomic mass is 9.90. The fraction of sp³-hybridized carbons (Fsp3) is 0.150. The van der Waals surface area contributed by atoms with Crippen LogP contribution < -0.4 is 10.6 Å². The zero-order valence-electron chi connectivity index (χ0n) is 14.7. The molecule has 1 heterocycles. The van der Waals surface area contributed by atoms with Gasteiger partial charge in [-0.1, -0.05) is 53.6 Å². The SMILES string of the molecule is COC(=O)C(=O)C1=C(c2ccc(C)cc2)NC(=S)N[C@@H]1c1ccc(Cl)cc1. The summed E-state index contributed by atoms with van der Waals surface area (Å²) < 4.78 is 4.67. The molecule has 0 amide bonds. The molecule has 2 aromatic rings. The molecule has 0 unspecified atom stereocenters. The number of hydrogen-bond acceptors (Lipinski definition) is 4. The minimum atomic E-state index is -0.940. The van der Waals surface area contributed by atoms with E-state index in [2.05, 4.69) is 15.4 Å². The molecule has 0 bridgehead atoms. The molecule has 0 saturated heterocycles. The van der Waals surface area contributed by atoms with E-state index < -0.39 is 17.8 Å². The zero-order valence-corrected chi connectivity index (χ0v) is 16.3. The Kier molecular flexibility index (Phi) is 5.58. The second-order valence-corrected chi connectivity index (χ2v) is 6.90. The van der Waals surface area contributed by atoms with Crippen LogP contribution in [0.2, 0.25) is 5.02 Å². The smallest absolute Gasteiger partial charge is 0.379 e. The van der Waals surface area contributed by atoms with Crippen LogP contribution in [0.25, 0.3) is 5.70 Å². The van der Waals surface area contributed by atoms with E-state index in [-0.39, 0.29) is 5.57 Å². The topological polar surface area (TPSA) is 67.4 Å². The van der Waals surface area contributed by atoms with Crippen LogP contribution in [-0.4, -0.2) is 24.0 Å². The predicted molar refractivity (Wildman–Crippen MR) is 108 cm³/mol. The van der Waals surface area contributed by atoms with E-state index in [4.69, 9.17) is 23.8 Å². The zero-order chi connectivity index (χ0) is 19.6. The van der Waals surface area contributed by atoms with E-state index in [0.29, 0.717) is 15.8 Å². The van der Waals surface area contributed by atoms with E-state index in [0.717, 1.165) is 16.7 Å². The molecular weight excluding hydrogens is 384 g/mol. The Bertz CT molecular complexity index is 937. The molecule has 0 saturated carbocycles. The lowest BCUT2D eigenvalue weighted by molar-refractivity contribution is -0.150. The molecule has 2 N–H and O–H groups in total. The number of Topliss-reactive ketones (excluding diaryl/α,β-unsaturated/α-hetero) is 1. The van der Waals surface area contributed by atoms with Crippen LogP contribution in [0.5, 0.6) is 0 Å². The largest absolute Gasteiger partial charge is 0.463 e. The highest BCUT2D eigenvalue weighted by molar-refractivity contribution is 7.80. The van der Waals surface area contributed by atoms with Crippen LogP contribution in [0.3, 0.4) is 0 Å². The Morgan fingerprint density at radius 1 is 1.07 bits per heavy atom. The van der Waals surface area contributed by atoms with Crippen LogP contribution in [-0.2, 0) is 14.3 Å². The summed E-state index contributed by atoms with van der Waals surface area (Å²) in [4.78, 5) is 24.9. The van der Waals surface area contributed by atoms with Crippen molar-refractivity contribution in [2.75, 3.05) is 7.11 Å². The molecule has 138 valence electrons. The van der Waals surface area contributed by atoms with Gasteiger partial charge in [-0.2, -0.15) is 0 Å². The Morgan fingerprint density at radius 3 is 2.30 bits per heavy atom. The average Bonchev–Trinajstić information content (AvgIpc) is 2.67. The van der Waals surface area contributed by atoms with Gasteiger partial charge in [0.2, 0.25) is 0 Å². The lowest BCUT2D eigenvalue weighted by Crippen LogP contribution is -2.46. The number of carbonyl (C=O) groups is 2. The van der Waals surface area contributed by atoms with Crippen molar-refractivity contribution < 1.29 is 14.3 Å². The van der Waals surface area contributed by atoms with E-state index in [1.165, 1.54) is 7.11 Å². The minimum Gasteiger partial charge on any atom is -0.463 e. The van der Waals surface area contributed by atoms with Gasteiger partial charge in [-0.3, -0.25) is 4.79 Å². The number of esters is 1. The molecule has 2 aromatic carbocycles. The number of methoxy groups -OCH3 is 1. The van der Waals surface area contributed by atoms with E-state index in [1.54, 1.807) is 24.3 Å². The monoisotopic (exact) mass is 400 g/mol. The third kappa shape index (κ3) is 4.02. The number of halogens is 1. The van der Waals surface area contributed by atoms with Gasteiger partial charge in [0.1, 0.15) is 0 Å². The van der Waals surface area contributed by atoms with Gasteiger partial charge in [-0.05, 0) is 42.4 Å². The Labute approximate surface area is 167 Å². The van der Waals surface area contributed by atoms with E-state index in [9.17, 15) is 9.59 Å². The minimum absolute atomic E-state index is 0.238. The second-order valence-electron chi connectivity index (χ2n) is 6.06. The molecule has 1 aliphatic heterocycles. The van der Waals surface area contributed by atoms with Crippen molar-refractivity contribution >= 4 is 46.4 Å². The third-order valence-electron chi connectivity index (χ3n) is 4.23. The van der Waals surface area contributed by atoms with E-state index in [1.807, 2.05) is 31.2 Å². The first-order valence-electron chi connectivity index (χ1n) is 8.17. The summed E-state index contributed by atoms with van der Waals surface area (Å²) in [5.74, 6) is -1.68. The van der Waals surface area contributed by atoms with Crippen molar-refractivity contribution in [1.29, 1.82) is 0 Å². The molecule has 0 spiro atoms. The van der Waals surface area contributed by atoms with Crippen molar-refractivity contribution in [3.05, 3.63) is 75.8 Å². The van der Waals surface area contributed by atoms with Gasteiger partial charge in [0.15, 0.2) is 5.11 Å². The normalized spacial score (nSPS) is 16.4.